The van der Waals surface area contributed by atoms with Gasteiger partial charge in [-0.05, 0) is 87.3 Å². The first-order chi connectivity index (χ1) is 18.7. The van der Waals surface area contributed by atoms with Gasteiger partial charge in [-0.25, -0.2) is 9.97 Å². The largest absolute Gasteiger partial charge is 0.336 e. The number of nitrogens with zero attached hydrogens (tertiary/aromatic N) is 5. The standard InChI is InChI=1S/C29H26ClN7S/c30-25-11-10-24(38-25)20-6-3-7-22-26(20)34-29(33-22)28-27-23(35-36-28)9-8-21(32-27)19-15-18(16-31-17-19)5-4-14-37-12-1-2-13-37/h3,6-11,15-17H,1-2,4-5,12-14H2,(H,33,34)(H,35,36). The van der Waals surface area contributed by atoms with Gasteiger partial charge in [0.25, 0.3) is 0 Å². The van der Waals surface area contributed by atoms with Gasteiger partial charge in [-0.3, -0.25) is 10.1 Å². The molecule has 1 aliphatic rings. The van der Waals surface area contributed by atoms with Crippen LogP contribution in [0.5, 0.6) is 0 Å². The normalized spacial score (nSPS) is 14.2. The van der Waals surface area contributed by atoms with Crippen molar-refractivity contribution in [3.63, 3.8) is 0 Å². The molecule has 0 bridgehead atoms. The quantitative estimate of drug-likeness (QED) is 0.229. The van der Waals surface area contributed by atoms with Crippen LogP contribution >= 0.6 is 22.9 Å². The van der Waals surface area contributed by atoms with Crippen molar-refractivity contribution in [1.82, 2.24) is 35.0 Å². The van der Waals surface area contributed by atoms with Crippen LogP contribution in [0.1, 0.15) is 24.8 Å². The van der Waals surface area contributed by atoms with Crippen molar-refractivity contribution >= 4 is 45.0 Å². The van der Waals surface area contributed by atoms with Crippen LogP contribution in [-0.4, -0.2) is 54.7 Å². The van der Waals surface area contributed by atoms with Crippen molar-refractivity contribution in [3.05, 3.63) is 70.8 Å². The molecule has 7 nitrogen and oxygen atoms in total. The molecule has 0 amide bonds. The van der Waals surface area contributed by atoms with Crippen LogP contribution in [0.15, 0.2) is 60.9 Å². The van der Waals surface area contributed by atoms with Gasteiger partial charge < -0.3 is 9.88 Å². The maximum absolute atomic E-state index is 6.20. The van der Waals surface area contributed by atoms with E-state index in [1.54, 1.807) is 11.3 Å². The van der Waals surface area contributed by atoms with E-state index >= 15 is 0 Å². The molecule has 1 fully saturated rings. The van der Waals surface area contributed by atoms with E-state index in [0.717, 1.165) is 67.5 Å². The lowest BCUT2D eigenvalue weighted by atomic mass is 10.1. The summed E-state index contributed by atoms with van der Waals surface area (Å²) in [7, 11) is 0. The zero-order valence-corrected chi connectivity index (χ0v) is 22.3. The van der Waals surface area contributed by atoms with Crippen molar-refractivity contribution in [2.75, 3.05) is 19.6 Å². The summed E-state index contributed by atoms with van der Waals surface area (Å²) in [6.45, 7) is 3.64. The summed E-state index contributed by atoms with van der Waals surface area (Å²) >= 11 is 7.75. The van der Waals surface area contributed by atoms with Crippen molar-refractivity contribution in [3.8, 4) is 33.2 Å². The minimum Gasteiger partial charge on any atom is -0.336 e. The Labute approximate surface area is 228 Å². The number of fused-ring (bicyclic) bond motifs is 2. The number of aryl methyl sites for hydroxylation is 1. The number of thiophene rings is 1. The van der Waals surface area contributed by atoms with Gasteiger partial charge in [0.1, 0.15) is 5.52 Å². The highest BCUT2D eigenvalue weighted by Crippen LogP contribution is 2.36. The minimum absolute atomic E-state index is 0.680. The van der Waals surface area contributed by atoms with E-state index in [0.29, 0.717) is 11.5 Å². The van der Waals surface area contributed by atoms with Crippen molar-refractivity contribution in [2.24, 2.45) is 0 Å². The number of imidazole rings is 1. The molecular formula is C29H26ClN7S. The molecule has 0 spiro atoms. The highest BCUT2D eigenvalue weighted by atomic mass is 35.5. The van der Waals surface area contributed by atoms with E-state index in [1.807, 2.05) is 48.8 Å². The number of halogens is 1. The Kier molecular flexibility index (Phi) is 6.15. The van der Waals surface area contributed by atoms with Gasteiger partial charge in [0.05, 0.1) is 26.6 Å². The second-order valence-corrected chi connectivity index (χ2v) is 11.5. The van der Waals surface area contributed by atoms with Gasteiger partial charge in [0.15, 0.2) is 11.5 Å². The van der Waals surface area contributed by atoms with Crippen LogP contribution in [0.25, 0.3) is 55.3 Å². The Morgan fingerprint density at radius 1 is 0.947 bits per heavy atom. The van der Waals surface area contributed by atoms with Crippen molar-refractivity contribution < 1.29 is 0 Å². The SMILES string of the molecule is Clc1ccc(-c2cccc3[nH]c(-c4n[nH]c5ccc(-c6cncc(CCCN7CCCC7)c6)nc45)nc23)s1. The fourth-order valence-corrected chi connectivity index (χ4v) is 6.37. The van der Waals surface area contributed by atoms with Crippen LogP contribution in [0.3, 0.4) is 0 Å². The molecule has 1 aliphatic heterocycles. The number of H-pyrrole nitrogens is 2. The molecule has 1 saturated heterocycles. The lowest BCUT2D eigenvalue weighted by Crippen LogP contribution is -2.20. The highest BCUT2D eigenvalue weighted by molar-refractivity contribution is 7.19. The van der Waals surface area contributed by atoms with Gasteiger partial charge in [-0.15, -0.1) is 11.3 Å². The zero-order chi connectivity index (χ0) is 25.5. The summed E-state index contributed by atoms with van der Waals surface area (Å²) in [5.41, 5.74) is 8.35. The van der Waals surface area contributed by atoms with Gasteiger partial charge in [-0.1, -0.05) is 23.7 Å². The summed E-state index contributed by atoms with van der Waals surface area (Å²) in [5.74, 6) is 0.680. The van der Waals surface area contributed by atoms with Crippen LogP contribution in [-0.2, 0) is 6.42 Å². The number of pyridine rings is 2. The molecule has 1 aromatic carbocycles. The van der Waals surface area contributed by atoms with Gasteiger partial charge >= 0.3 is 0 Å². The predicted molar refractivity (Wildman–Crippen MR) is 155 cm³/mol. The van der Waals surface area contributed by atoms with Crippen LogP contribution in [0.2, 0.25) is 4.34 Å². The maximum Gasteiger partial charge on any atom is 0.161 e. The molecule has 7 rings (SSSR count). The fraction of sp³-hybridized carbons (Fsp3) is 0.241. The van der Waals surface area contributed by atoms with E-state index in [2.05, 4.69) is 37.2 Å². The van der Waals surface area contributed by atoms with E-state index in [-0.39, 0.29) is 0 Å². The van der Waals surface area contributed by atoms with Crippen LogP contribution in [0.4, 0.5) is 0 Å². The number of nitrogens with one attached hydrogen (secondary N) is 2. The Hall–Kier alpha value is -3.59. The topological polar surface area (TPSA) is 86.4 Å². The highest BCUT2D eigenvalue weighted by Gasteiger charge is 2.17. The zero-order valence-electron chi connectivity index (χ0n) is 20.7. The molecule has 0 aliphatic carbocycles. The number of hydrogen-bond acceptors (Lipinski definition) is 6. The molecular weight excluding hydrogens is 514 g/mol. The average Bonchev–Trinajstić information content (AvgIpc) is 3.74. The fourth-order valence-electron chi connectivity index (χ4n) is 5.30. The molecule has 5 aromatic heterocycles. The van der Waals surface area contributed by atoms with Crippen molar-refractivity contribution in [1.29, 1.82) is 0 Å². The maximum atomic E-state index is 6.20. The number of benzene rings is 1. The predicted octanol–water partition coefficient (Wildman–Crippen LogP) is 6.97. The monoisotopic (exact) mass is 539 g/mol. The number of likely N-dealkylation sites (tertiary alicyclic amines) is 1. The van der Waals surface area contributed by atoms with E-state index in [9.17, 15) is 0 Å². The molecule has 0 unspecified atom stereocenters. The number of aromatic nitrogens is 6. The minimum atomic E-state index is 0.680. The Balaban J connectivity index is 1.20. The van der Waals surface area contributed by atoms with Crippen LogP contribution in [0, 0.1) is 0 Å². The Bertz CT molecular complexity index is 1740. The lowest BCUT2D eigenvalue weighted by molar-refractivity contribution is 0.334. The molecule has 0 atom stereocenters. The summed E-state index contributed by atoms with van der Waals surface area (Å²) in [4.78, 5) is 21.6. The molecule has 0 saturated carbocycles. The molecule has 6 heterocycles. The first-order valence-electron chi connectivity index (χ1n) is 13.0. The van der Waals surface area contributed by atoms with E-state index in [1.165, 1.54) is 31.5 Å². The lowest BCUT2D eigenvalue weighted by Gasteiger charge is -2.14. The summed E-state index contributed by atoms with van der Waals surface area (Å²) in [5, 5.41) is 7.69. The first kappa shape index (κ1) is 23.5. The summed E-state index contributed by atoms with van der Waals surface area (Å²) in [6.07, 6.45) is 8.70. The molecule has 38 heavy (non-hydrogen) atoms. The van der Waals surface area contributed by atoms with Crippen molar-refractivity contribution in [2.45, 2.75) is 25.7 Å². The molecule has 0 radical (unpaired) electrons. The Morgan fingerprint density at radius 3 is 2.74 bits per heavy atom. The van der Waals surface area contributed by atoms with Gasteiger partial charge in [0.2, 0.25) is 0 Å². The first-order valence-corrected chi connectivity index (χ1v) is 14.2. The number of aromatic amines is 2. The third-order valence-corrected chi connectivity index (χ3v) is 8.48. The summed E-state index contributed by atoms with van der Waals surface area (Å²) < 4.78 is 0.757. The Morgan fingerprint density at radius 2 is 1.87 bits per heavy atom. The second kappa shape index (κ2) is 9.94. The molecule has 6 aromatic rings. The summed E-state index contributed by atoms with van der Waals surface area (Å²) in [6, 6.07) is 16.3. The number of para-hydroxylation sites is 1. The third-order valence-electron chi connectivity index (χ3n) is 7.21. The molecule has 9 heteroatoms. The van der Waals surface area contributed by atoms with Crippen LogP contribution < -0.4 is 0 Å². The number of hydrogen-bond donors (Lipinski definition) is 2. The second-order valence-electron chi connectivity index (χ2n) is 9.79. The smallest absolute Gasteiger partial charge is 0.161 e. The molecule has 190 valence electrons. The average molecular weight is 540 g/mol. The molecule has 2 N–H and O–H groups in total. The number of rotatable bonds is 7. The van der Waals surface area contributed by atoms with Gasteiger partial charge in [0, 0.05) is 28.4 Å². The third kappa shape index (κ3) is 4.49. The van der Waals surface area contributed by atoms with Gasteiger partial charge in [-0.2, -0.15) is 5.10 Å². The van der Waals surface area contributed by atoms with E-state index < -0.39 is 0 Å². The van der Waals surface area contributed by atoms with E-state index in [4.69, 9.17) is 21.6 Å².